The Hall–Kier alpha value is -0.530. The van der Waals surface area contributed by atoms with Gasteiger partial charge < -0.3 is 4.90 Å². The molecule has 0 unspecified atom stereocenters. The second-order valence-corrected chi connectivity index (χ2v) is 2.90. The van der Waals surface area contributed by atoms with Crippen molar-refractivity contribution >= 4 is 5.84 Å². The van der Waals surface area contributed by atoms with Crippen molar-refractivity contribution < 1.29 is 0 Å². The van der Waals surface area contributed by atoms with E-state index in [0.29, 0.717) is 6.04 Å². The minimum atomic E-state index is 0.457. The Labute approximate surface area is 63.7 Å². The predicted octanol–water partition coefficient (Wildman–Crippen LogP) is 2.10. The zero-order valence-corrected chi connectivity index (χ0v) is 7.44. The summed E-state index contributed by atoms with van der Waals surface area (Å²) in [6, 6.07) is 0.457. The Bertz CT molecular complexity index is 108. The largest absolute Gasteiger partial charge is 0.361 e. The number of nitrogens with zero attached hydrogens (tertiary/aromatic N) is 1. The highest BCUT2D eigenvalue weighted by Gasteiger charge is 2.05. The minimum absolute atomic E-state index is 0.457. The van der Waals surface area contributed by atoms with E-state index in [2.05, 4.69) is 20.8 Å². The summed E-state index contributed by atoms with van der Waals surface area (Å²) in [6.45, 7) is 6.30. The average Bonchev–Trinajstić information content (AvgIpc) is 1.87. The van der Waals surface area contributed by atoms with Crippen molar-refractivity contribution in [1.29, 1.82) is 5.41 Å². The maximum absolute atomic E-state index is 7.55. The molecule has 0 aliphatic rings. The van der Waals surface area contributed by atoms with Gasteiger partial charge >= 0.3 is 0 Å². The van der Waals surface area contributed by atoms with Crippen LogP contribution in [-0.2, 0) is 0 Å². The van der Waals surface area contributed by atoms with E-state index in [-0.39, 0.29) is 0 Å². The fraction of sp³-hybridized carbons (Fsp3) is 0.875. The van der Waals surface area contributed by atoms with E-state index in [4.69, 9.17) is 5.41 Å². The first kappa shape index (κ1) is 9.47. The minimum Gasteiger partial charge on any atom is -0.361 e. The Morgan fingerprint density at radius 2 is 2.00 bits per heavy atom. The summed E-state index contributed by atoms with van der Waals surface area (Å²) < 4.78 is 0. The molecule has 0 aromatic carbocycles. The van der Waals surface area contributed by atoms with Gasteiger partial charge in [0, 0.05) is 19.5 Å². The Morgan fingerprint density at radius 1 is 1.50 bits per heavy atom. The number of hydrogen-bond donors (Lipinski definition) is 1. The molecule has 0 aliphatic carbocycles. The van der Waals surface area contributed by atoms with Crippen LogP contribution >= 0.6 is 0 Å². The SMILES string of the molecule is CCCC(=N)N(C)C(C)C. The lowest BCUT2D eigenvalue weighted by molar-refractivity contribution is 0.405. The van der Waals surface area contributed by atoms with E-state index in [1.807, 2.05) is 11.9 Å². The zero-order valence-electron chi connectivity index (χ0n) is 7.44. The first-order valence-corrected chi connectivity index (χ1v) is 3.89. The highest BCUT2D eigenvalue weighted by molar-refractivity contribution is 5.78. The fourth-order valence-corrected chi connectivity index (χ4v) is 0.725. The first-order valence-electron chi connectivity index (χ1n) is 3.89. The second kappa shape index (κ2) is 4.31. The van der Waals surface area contributed by atoms with Crippen molar-refractivity contribution in [2.45, 2.75) is 39.7 Å². The van der Waals surface area contributed by atoms with Crippen molar-refractivity contribution in [1.82, 2.24) is 4.90 Å². The van der Waals surface area contributed by atoms with E-state index < -0.39 is 0 Å². The predicted molar refractivity (Wildman–Crippen MR) is 45.5 cm³/mol. The van der Waals surface area contributed by atoms with E-state index in [1.165, 1.54) is 0 Å². The summed E-state index contributed by atoms with van der Waals surface area (Å²) in [5.74, 6) is 0.748. The van der Waals surface area contributed by atoms with Gasteiger partial charge in [-0.05, 0) is 20.3 Å². The molecule has 0 spiro atoms. The molecule has 0 bridgehead atoms. The third-order valence-electron chi connectivity index (χ3n) is 1.69. The van der Waals surface area contributed by atoms with E-state index >= 15 is 0 Å². The molecule has 0 heterocycles. The lowest BCUT2D eigenvalue weighted by Gasteiger charge is -2.23. The van der Waals surface area contributed by atoms with Crippen LogP contribution < -0.4 is 0 Å². The molecule has 0 aromatic heterocycles. The van der Waals surface area contributed by atoms with Crippen LogP contribution in [0.2, 0.25) is 0 Å². The summed E-state index contributed by atoms with van der Waals surface area (Å²) in [5.41, 5.74) is 0. The molecular formula is C8H18N2. The average molecular weight is 142 g/mol. The molecule has 0 amide bonds. The summed E-state index contributed by atoms with van der Waals surface area (Å²) in [7, 11) is 1.97. The molecule has 10 heavy (non-hydrogen) atoms. The van der Waals surface area contributed by atoms with Gasteiger partial charge in [-0.15, -0.1) is 0 Å². The highest BCUT2D eigenvalue weighted by atomic mass is 15.2. The molecular weight excluding hydrogens is 124 g/mol. The van der Waals surface area contributed by atoms with E-state index in [9.17, 15) is 0 Å². The summed E-state index contributed by atoms with van der Waals surface area (Å²) in [5, 5.41) is 7.55. The van der Waals surface area contributed by atoms with Gasteiger partial charge in [0.05, 0.1) is 5.84 Å². The van der Waals surface area contributed by atoms with Gasteiger partial charge in [-0.25, -0.2) is 0 Å². The van der Waals surface area contributed by atoms with Crippen LogP contribution in [0.1, 0.15) is 33.6 Å². The molecule has 0 saturated heterocycles. The van der Waals surface area contributed by atoms with Gasteiger partial charge in [0.25, 0.3) is 0 Å². The van der Waals surface area contributed by atoms with Crippen LogP contribution in [0.5, 0.6) is 0 Å². The smallest absolute Gasteiger partial charge is 0.0957 e. The van der Waals surface area contributed by atoms with Crippen molar-refractivity contribution in [2.75, 3.05) is 7.05 Å². The Kier molecular flexibility index (Phi) is 4.08. The number of amidine groups is 1. The summed E-state index contributed by atoms with van der Waals surface area (Å²) in [4.78, 5) is 2.00. The topological polar surface area (TPSA) is 27.1 Å². The molecule has 2 nitrogen and oxygen atoms in total. The molecule has 0 saturated carbocycles. The molecule has 0 radical (unpaired) electrons. The Morgan fingerprint density at radius 3 is 2.30 bits per heavy atom. The van der Waals surface area contributed by atoms with Gasteiger partial charge in [0.1, 0.15) is 0 Å². The van der Waals surface area contributed by atoms with Crippen LogP contribution in [0.15, 0.2) is 0 Å². The van der Waals surface area contributed by atoms with Gasteiger partial charge in [-0.3, -0.25) is 5.41 Å². The van der Waals surface area contributed by atoms with Gasteiger partial charge in [0.2, 0.25) is 0 Å². The fourth-order valence-electron chi connectivity index (χ4n) is 0.725. The normalized spacial score (nSPS) is 10.1. The highest BCUT2D eigenvalue weighted by Crippen LogP contribution is 1.99. The number of hydrogen-bond acceptors (Lipinski definition) is 1. The standard InChI is InChI=1S/C8H18N2/c1-5-6-8(9)10(4)7(2)3/h7,9H,5-6H2,1-4H3. The third-order valence-corrected chi connectivity index (χ3v) is 1.69. The molecule has 2 heteroatoms. The van der Waals surface area contributed by atoms with Crippen molar-refractivity contribution in [3.05, 3.63) is 0 Å². The maximum Gasteiger partial charge on any atom is 0.0957 e. The maximum atomic E-state index is 7.55. The van der Waals surface area contributed by atoms with Crippen molar-refractivity contribution in [2.24, 2.45) is 0 Å². The van der Waals surface area contributed by atoms with Crippen LogP contribution in [-0.4, -0.2) is 23.8 Å². The molecule has 0 atom stereocenters. The summed E-state index contributed by atoms with van der Waals surface area (Å²) in [6.07, 6.45) is 1.96. The Balaban J connectivity index is 3.71. The van der Waals surface area contributed by atoms with Crippen molar-refractivity contribution in [3.8, 4) is 0 Å². The van der Waals surface area contributed by atoms with Gasteiger partial charge in [-0.1, -0.05) is 6.92 Å². The third kappa shape index (κ3) is 2.85. The van der Waals surface area contributed by atoms with Crippen LogP contribution in [0.4, 0.5) is 0 Å². The zero-order chi connectivity index (χ0) is 8.15. The first-order chi connectivity index (χ1) is 4.59. The molecule has 0 aromatic rings. The number of nitrogens with one attached hydrogen (secondary N) is 1. The summed E-state index contributed by atoms with van der Waals surface area (Å²) >= 11 is 0. The van der Waals surface area contributed by atoms with Crippen LogP contribution in [0.3, 0.4) is 0 Å². The molecule has 60 valence electrons. The molecule has 0 aliphatic heterocycles. The van der Waals surface area contributed by atoms with Gasteiger partial charge in [0.15, 0.2) is 0 Å². The lowest BCUT2D eigenvalue weighted by Crippen LogP contribution is -2.32. The molecule has 0 fully saturated rings. The van der Waals surface area contributed by atoms with E-state index in [0.717, 1.165) is 18.7 Å². The number of rotatable bonds is 3. The molecule has 0 rings (SSSR count). The van der Waals surface area contributed by atoms with E-state index in [1.54, 1.807) is 0 Å². The van der Waals surface area contributed by atoms with Crippen LogP contribution in [0.25, 0.3) is 0 Å². The monoisotopic (exact) mass is 142 g/mol. The molecule has 1 N–H and O–H groups in total. The van der Waals surface area contributed by atoms with Crippen molar-refractivity contribution in [3.63, 3.8) is 0 Å². The van der Waals surface area contributed by atoms with Gasteiger partial charge in [-0.2, -0.15) is 0 Å². The van der Waals surface area contributed by atoms with Crippen LogP contribution in [0, 0.1) is 5.41 Å². The lowest BCUT2D eigenvalue weighted by atomic mass is 10.2. The quantitative estimate of drug-likeness (QED) is 0.474. The second-order valence-electron chi connectivity index (χ2n) is 2.90.